The number of aliphatic hydroxyl groups is 1. The zero-order chi connectivity index (χ0) is 23.6. The van der Waals surface area contributed by atoms with Crippen molar-refractivity contribution in [1.29, 1.82) is 0 Å². The van der Waals surface area contributed by atoms with E-state index in [-0.39, 0.29) is 18.8 Å². The Hall–Kier alpha value is -2.73. The molecule has 0 bridgehead atoms. The quantitative estimate of drug-likeness (QED) is 0.174. The van der Waals surface area contributed by atoms with Gasteiger partial charge in [0, 0.05) is 6.42 Å². The minimum atomic E-state index is -1.45. The summed E-state index contributed by atoms with van der Waals surface area (Å²) in [6.45, 7) is 5.96. The largest absolute Gasteiger partial charge is 0.481 e. The van der Waals surface area contributed by atoms with E-state index in [9.17, 15) is 29.1 Å². The summed E-state index contributed by atoms with van der Waals surface area (Å²) < 4.78 is 0. The third kappa shape index (κ3) is 9.18. The molecule has 0 saturated heterocycles. The van der Waals surface area contributed by atoms with Gasteiger partial charge in [-0.25, -0.2) is 0 Å². The van der Waals surface area contributed by atoms with Gasteiger partial charge in [0.1, 0.15) is 18.1 Å². The molecule has 0 spiro atoms. The molecule has 0 aliphatic heterocycles. The van der Waals surface area contributed by atoms with Crippen molar-refractivity contribution in [2.75, 3.05) is 0 Å². The van der Waals surface area contributed by atoms with Gasteiger partial charge in [0.15, 0.2) is 0 Å². The average molecular weight is 432 g/mol. The summed E-state index contributed by atoms with van der Waals surface area (Å²) in [5, 5.41) is 34.5. The molecular formula is C18H32N4O8. The number of hydrogen-bond donors (Lipinski definition) is 7. The van der Waals surface area contributed by atoms with E-state index in [1.165, 1.54) is 13.8 Å². The first-order valence-electron chi connectivity index (χ1n) is 9.61. The molecule has 30 heavy (non-hydrogen) atoms. The Morgan fingerprint density at radius 1 is 0.867 bits per heavy atom. The van der Waals surface area contributed by atoms with Crippen LogP contribution >= 0.6 is 0 Å². The summed E-state index contributed by atoms with van der Waals surface area (Å²) in [6, 6.07) is -4.95. The Balaban J connectivity index is 5.29. The van der Waals surface area contributed by atoms with Crippen molar-refractivity contribution in [3.63, 3.8) is 0 Å². The minimum absolute atomic E-state index is 0.166. The van der Waals surface area contributed by atoms with Crippen molar-refractivity contribution in [3.8, 4) is 0 Å². The highest BCUT2D eigenvalue weighted by atomic mass is 16.4. The van der Waals surface area contributed by atoms with Gasteiger partial charge in [-0.05, 0) is 26.2 Å². The zero-order valence-electron chi connectivity index (χ0n) is 17.5. The van der Waals surface area contributed by atoms with Crippen LogP contribution in [0.15, 0.2) is 0 Å². The first kappa shape index (κ1) is 27.3. The van der Waals surface area contributed by atoms with Crippen LogP contribution in [0.3, 0.4) is 0 Å². The maximum atomic E-state index is 12.6. The van der Waals surface area contributed by atoms with Crippen LogP contribution in [-0.4, -0.2) is 75.3 Å². The number of carbonyl (C=O) groups excluding carboxylic acids is 3. The molecule has 8 N–H and O–H groups in total. The number of amides is 3. The van der Waals surface area contributed by atoms with E-state index in [4.69, 9.17) is 15.9 Å². The highest BCUT2D eigenvalue weighted by Crippen LogP contribution is 2.10. The fraction of sp³-hybridized carbons (Fsp3) is 0.722. The lowest BCUT2D eigenvalue weighted by Crippen LogP contribution is -2.60. The standard InChI is InChI=1S/C18H32N4O8/c1-5-8(2)13(16(27)20-9(3)18(29)30)21-17(28)14(10(4)23)22-15(26)11(19)6-7-12(24)25/h8-11,13-14,23H,5-7,19H2,1-4H3,(H,20,27)(H,21,28)(H,22,26)(H,24,25)(H,29,30). The van der Waals surface area contributed by atoms with E-state index in [2.05, 4.69) is 16.0 Å². The average Bonchev–Trinajstić information content (AvgIpc) is 2.66. The van der Waals surface area contributed by atoms with Crippen molar-refractivity contribution in [3.05, 3.63) is 0 Å². The highest BCUT2D eigenvalue weighted by Gasteiger charge is 2.33. The molecule has 12 heteroatoms. The maximum Gasteiger partial charge on any atom is 0.325 e. The van der Waals surface area contributed by atoms with Gasteiger partial charge >= 0.3 is 11.9 Å². The molecule has 0 saturated carbocycles. The highest BCUT2D eigenvalue weighted by molar-refractivity contribution is 5.94. The van der Waals surface area contributed by atoms with Crippen molar-refractivity contribution in [1.82, 2.24) is 16.0 Å². The van der Waals surface area contributed by atoms with Crippen LogP contribution in [0, 0.1) is 5.92 Å². The van der Waals surface area contributed by atoms with Gasteiger partial charge in [0.05, 0.1) is 12.1 Å². The number of nitrogens with one attached hydrogen (secondary N) is 3. The van der Waals surface area contributed by atoms with Crippen molar-refractivity contribution >= 4 is 29.7 Å². The lowest BCUT2D eigenvalue weighted by Gasteiger charge is -2.28. The second kappa shape index (κ2) is 12.8. The lowest BCUT2D eigenvalue weighted by atomic mass is 9.97. The van der Waals surface area contributed by atoms with Gasteiger partial charge in [-0.1, -0.05) is 20.3 Å². The fourth-order valence-corrected chi connectivity index (χ4v) is 2.39. The van der Waals surface area contributed by atoms with Gasteiger partial charge in [-0.3, -0.25) is 24.0 Å². The maximum absolute atomic E-state index is 12.6. The van der Waals surface area contributed by atoms with E-state index in [1.54, 1.807) is 13.8 Å². The molecule has 0 radical (unpaired) electrons. The predicted octanol–water partition coefficient (Wildman–Crippen LogP) is -1.84. The third-order valence-electron chi connectivity index (χ3n) is 4.59. The number of nitrogens with two attached hydrogens (primary N) is 1. The molecule has 0 heterocycles. The van der Waals surface area contributed by atoms with Gasteiger partial charge < -0.3 is 37.0 Å². The molecule has 3 amide bonds. The summed E-state index contributed by atoms with van der Waals surface area (Å²) in [4.78, 5) is 58.8. The smallest absolute Gasteiger partial charge is 0.325 e. The SMILES string of the molecule is CCC(C)C(NC(=O)C(NC(=O)C(N)CCC(=O)O)C(C)O)C(=O)NC(C)C(=O)O. The molecule has 172 valence electrons. The molecule has 0 aliphatic rings. The summed E-state index contributed by atoms with van der Waals surface area (Å²) >= 11 is 0. The molecule has 0 aromatic heterocycles. The molecule has 0 fully saturated rings. The van der Waals surface area contributed by atoms with Crippen molar-refractivity contribution in [2.45, 2.75) is 77.2 Å². The molecule has 0 rings (SSSR count). The number of hydrogen-bond acceptors (Lipinski definition) is 7. The van der Waals surface area contributed by atoms with Gasteiger partial charge in [0.2, 0.25) is 17.7 Å². The Morgan fingerprint density at radius 3 is 1.80 bits per heavy atom. The zero-order valence-corrected chi connectivity index (χ0v) is 17.5. The van der Waals surface area contributed by atoms with Gasteiger partial charge in [-0.15, -0.1) is 0 Å². The second-order valence-corrected chi connectivity index (χ2v) is 7.21. The Labute approximate surface area is 174 Å². The van der Waals surface area contributed by atoms with Crippen LogP contribution in [0.25, 0.3) is 0 Å². The summed E-state index contributed by atoms with van der Waals surface area (Å²) in [6.07, 6.45) is -1.39. The lowest BCUT2D eigenvalue weighted by molar-refractivity contribution is -0.142. The third-order valence-corrected chi connectivity index (χ3v) is 4.59. The molecule has 0 aromatic rings. The van der Waals surface area contributed by atoms with Crippen LogP contribution in [0.2, 0.25) is 0 Å². The molecule has 6 unspecified atom stereocenters. The van der Waals surface area contributed by atoms with E-state index >= 15 is 0 Å². The Morgan fingerprint density at radius 2 is 1.37 bits per heavy atom. The van der Waals surface area contributed by atoms with Gasteiger partial charge in [-0.2, -0.15) is 0 Å². The number of aliphatic hydroxyl groups excluding tert-OH is 1. The Kier molecular flexibility index (Phi) is 11.6. The minimum Gasteiger partial charge on any atom is -0.481 e. The van der Waals surface area contributed by atoms with Crippen molar-refractivity contribution < 1.29 is 39.3 Å². The second-order valence-electron chi connectivity index (χ2n) is 7.21. The normalized spacial score (nSPS) is 16.9. The summed E-state index contributed by atoms with van der Waals surface area (Å²) in [5.41, 5.74) is 5.61. The van der Waals surface area contributed by atoms with E-state index in [0.29, 0.717) is 6.42 Å². The van der Waals surface area contributed by atoms with E-state index in [1.807, 2.05) is 0 Å². The fourth-order valence-electron chi connectivity index (χ4n) is 2.39. The van der Waals surface area contributed by atoms with Crippen LogP contribution in [0.4, 0.5) is 0 Å². The predicted molar refractivity (Wildman–Crippen MR) is 105 cm³/mol. The Bertz CT molecular complexity index is 640. The van der Waals surface area contributed by atoms with Crippen LogP contribution in [0.1, 0.15) is 47.0 Å². The summed E-state index contributed by atoms with van der Waals surface area (Å²) in [7, 11) is 0. The molecular weight excluding hydrogens is 400 g/mol. The van der Waals surface area contributed by atoms with Crippen LogP contribution in [-0.2, 0) is 24.0 Å². The number of aliphatic carboxylic acids is 2. The first-order valence-corrected chi connectivity index (χ1v) is 9.61. The first-order chi connectivity index (χ1) is 13.8. The summed E-state index contributed by atoms with van der Waals surface area (Å²) in [5.74, 6) is -5.18. The molecule has 12 nitrogen and oxygen atoms in total. The number of carboxylic acid groups (broad SMARTS) is 2. The monoisotopic (exact) mass is 432 g/mol. The van der Waals surface area contributed by atoms with Crippen LogP contribution < -0.4 is 21.7 Å². The number of carbonyl (C=O) groups is 5. The molecule has 0 aromatic carbocycles. The van der Waals surface area contributed by atoms with Crippen LogP contribution in [0.5, 0.6) is 0 Å². The topological polar surface area (TPSA) is 208 Å². The van der Waals surface area contributed by atoms with Crippen molar-refractivity contribution in [2.24, 2.45) is 11.7 Å². The number of carboxylic acids is 2. The number of rotatable bonds is 13. The molecule has 0 aliphatic carbocycles. The van der Waals surface area contributed by atoms with E-state index in [0.717, 1.165) is 0 Å². The van der Waals surface area contributed by atoms with E-state index < -0.39 is 59.9 Å². The molecule has 6 atom stereocenters. The van der Waals surface area contributed by atoms with Gasteiger partial charge in [0.25, 0.3) is 0 Å².